The van der Waals surface area contributed by atoms with E-state index in [0.29, 0.717) is 6.04 Å². The fourth-order valence-corrected chi connectivity index (χ4v) is 2.58. The molecule has 0 saturated heterocycles. The van der Waals surface area contributed by atoms with E-state index < -0.39 is 0 Å². The van der Waals surface area contributed by atoms with E-state index in [1.54, 1.807) is 11.3 Å². The molecule has 1 unspecified atom stereocenters. The maximum atomic E-state index is 4.29. The Bertz CT molecular complexity index is 468. The van der Waals surface area contributed by atoms with Crippen molar-refractivity contribution in [3.8, 4) is 0 Å². The van der Waals surface area contributed by atoms with E-state index in [0.717, 1.165) is 19.4 Å². The van der Waals surface area contributed by atoms with E-state index in [9.17, 15) is 0 Å². The zero-order chi connectivity index (χ0) is 12.8. The largest absolute Gasteiger partial charge is 0.310 e. The van der Waals surface area contributed by atoms with Crippen molar-refractivity contribution in [2.45, 2.75) is 32.7 Å². The van der Waals surface area contributed by atoms with Gasteiger partial charge in [-0.1, -0.05) is 13.0 Å². The fourth-order valence-electron chi connectivity index (χ4n) is 1.94. The van der Waals surface area contributed by atoms with Gasteiger partial charge in [-0.25, -0.2) is 0 Å². The Balaban J connectivity index is 2.13. The molecule has 0 aromatic carbocycles. The zero-order valence-electron chi connectivity index (χ0n) is 10.9. The monoisotopic (exact) mass is 261 g/mol. The molecule has 0 fully saturated rings. The number of nitrogens with zero attached hydrogens (tertiary/aromatic N) is 2. The molecule has 1 N–H and O–H groups in total. The first-order valence-corrected chi connectivity index (χ1v) is 7.20. The number of rotatable bonds is 6. The Morgan fingerprint density at radius 2 is 2.17 bits per heavy atom. The topological polar surface area (TPSA) is 37.8 Å². The summed E-state index contributed by atoms with van der Waals surface area (Å²) in [6.45, 7) is 5.29. The first-order chi connectivity index (χ1) is 8.79. The Morgan fingerprint density at radius 1 is 1.28 bits per heavy atom. The lowest BCUT2D eigenvalue weighted by molar-refractivity contribution is 0.530. The Hall–Kier alpha value is -1.26. The number of hydrogen-bond donors (Lipinski definition) is 1. The summed E-state index contributed by atoms with van der Waals surface area (Å²) >= 11 is 1.71. The second kappa shape index (κ2) is 6.61. The highest BCUT2D eigenvalue weighted by atomic mass is 32.1. The van der Waals surface area contributed by atoms with Crippen molar-refractivity contribution in [3.63, 3.8) is 0 Å². The number of hydrogen-bond acceptors (Lipinski definition) is 4. The van der Waals surface area contributed by atoms with E-state index in [-0.39, 0.29) is 0 Å². The van der Waals surface area contributed by atoms with Crippen LogP contribution in [0.3, 0.4) is 0 Å². The van der Waals surface area contributed by atoms with Crippen LogP contribution in [0.15, 0.2) is 30.2 Å². The molecule has 0 aliphatic carbocycles. The van der Waals surface area contributed by atoms with Crippen LogP contribution in [0.25, 0.3) is 0 Å². The van der Waals surface area contributed by atoms with Crippen LogP contribution < -0.4 is 5.32 Å². The second-order valence-electron chi connectivity index (χ2n) is 4.47. The molecule has 2 aromatic rings. The van der Waals surface area contributed by atoms with E-state index in [1.807, 2.05) is 24.1 Å². The average Bonchev–Trinajstić information content (AvgIpc) is 2.87. The van der Waals surface area contributed by atoms with Gasteiger partial charge in [0.15, 0.2) is 0 Å². The molecule has 2 heterocycles. The van der Waals surface area contributed by atoms with Crippen LogP contribution in [-0.4, -0.2) is 16.5 Å². The van der Waals surface area contributed by atoms with Gasteiger partial charge in [0.1, 0.15) is 0 Å². The summed E-state index contributed by atoms with van der Waals surface area (Å²) in [5.41, 5.74) is 4.36. The minimum Gasteiger partial charge on any atom is -0.310 e. The summed E-state index contributed by atoms with van der Waals surface area (Å²) < 4.78 is 0. The molecule has 96 valence electrons. The quantitative estimate of drug-likeness (QED) is 0.868. The maximum Gasteiger partial charge on any atom is 0.0794 e. The number of aromatic nitrogens is 2. The van der Waals surface area contributed by atoms with Gasteiger partial charge in [-0.15, -0.1) is 11.3 Å². The molecule has 0 radical (unpaired) electrons. The van der Waals surface area contributed by atoms with Crippen LogP contribution in [0, 0.1) is 6.92 Å². The predicted molar refractivity (Wildman–Crippen MR) is 75.8 cm³/mol. The van der Waals surface area contributed by atoms with Gasteiger partial charge >= 0.3 is 0 Å². The van der Waals surface area contributed by atoms with Gasteiger partial charge in [-0.05, 0) is 31.0 Å². The summed E-state index contributed by atoms with van der Waals surface area (Å²) in [5, 5.41) is 3.59. The van der Waals surface area contributed by atoms with Gasteiger partial charge in [0.2, 0.25) is 0 Å². The Kier molecular flexibility index (Phi) is 4.84. The van der Waals surface area contributed by atoms with Gasteiger partial charge in [0, 0.05) is 35.9 Å². The van der Waals surface area contributed by atoms with Crippen LogP contribution in [-0.2, 0) is 6.42 Å². The molecule has 3 nitrogen and oxygen atoms in total. The van der Waals surface area contributed by atoms with Crippen molar-refractivity contribution in [2.24, 2.45) is 0 Å². The Labute approximate surface area is 112 Å². The lowest BCUT2D eigenvalue weighted by Crippen LogP contribution is -2.24. The van der Waals surface area contributed by atoms with E-state index in [2.05, 4.69) is 35.2 Å². The highest BCUT2D eigenvalue weighted by molar-refractivity contribution is 7.09. The van der Waals surface area contributed by atoms with Crippen LogP contribution >= 0.6 is 11.3 Å². The molecule has 0 spiro atoms. The normalized spacial score (nSPS) is 12.6. The van der Waals surface area contributed by atoms with Crippen LogP contribution in [0.5, 0.6) is 0 Å². The molecule has 2 rings (SSSR count). The number of aryl methyl sites for hydroxylation is 1. The summed E-state index contributed by atoms with van der Waals surface area (Å²) in [7, 11) is 0. The molecular formula is C14H19N3S. The molecule has 0 aliphatic rings. The van der Waals surface area contributed by atoms with Crippen LogP contribution in [0.1, 0.15) is 35.4 Å². The standard InChI is InChI=1S/C14H19N3S/c1-3-4-17-14(6-13-9-16-10-18-13)12-5-11(2)7-15-8-12/h5,7-10,14,17H,3-4,6H2,1-2H3. The third-order valence-electron chi connectivity index (χ3n) is 2.83. The lowest BCUT2D eigenvalue weighted by Gasteiger charge is -2.18. The van der Waals surface area contributed by atoms with E-state index in [4.69, 9.17) is 0 Å². The molecule has 0 aliphatic heterocycles. The molecule has 2 aromatic heterocycles. The van der Waals surface area contributed by atoms with E-state index in [1.165, 1.54) is 16.0 Å². The highest BCUT2D eigenvalue weighted by Gasteiger charge is 2.12. The smallest absolute Gasteiger partial charge is 0.0794 e. The van der Waals surface area contributed by atoms with Crippen molar-refractivity contribution < 1.29 is 0 Å². The molecule has 0 bridgehead atoms. The van der Waals surface area contributed by atoms with Crippen molar-refractivity contribution in [3.05, 3.63) is 46.2 Å². The van der Waals surface area contributed by atoms with Crippen LogP contribution in [0.4, 0.5) is 0 Å². The molecule has 1 atom stereocenters. The first-order valence-electron chi connectivity index (χ1n) is 6.32. The number of thiazole rings is 1. The molecule has 0 saturated carbocycles. The second-order valence-corrected chi connectivity index (χ2v) is 5.45. The molecular weight excluding hydrogens is 242 g/mol. The molecule has 18 heavy (non-hydrogen) atoms. The maximum absolute atomic E-state index is 4.29. The summed E-state index contributed by atoms with van der Waals surface area (Å²) in [5.74, 6) is 0. The van der Waals surface area contributed by atoms with E-state index >= 15 is 0 Å². The van der Waals surface area contributed by atoms with Gasteiger partial charge in [-0.2, -0.15) is 0 Å². The summed E-state index contributed by atoms with van der Waals surface area (Å²) in [6, 6.07) is 2.54. The summed E-state index contributed by atoms with van der Waals surface area (Å²) in [4.78, 5) is 9.74. The van der Waals surface area contributed by atoms with Gasteiger partial charge in [0.05, 0.1) is 5.51 Å². The van der Waals surface area contributed by atoms with Crippen LogP contribution in [0.2, 0.25) is 0 Å². The first kappa shape index (κ1) is 13.2. The Morgan fingerprint density at radius 3 is 2.83 bits per heavy atom. The SMILES string of the molecule is CCCNC(Cc1cncs1)c1cncc(C)c1. The zero-order valence-corrected chi connectivity index (χ0v) is 11.7. The molecule has 4 heteroatoms. The number of nitrogens with one attached hydrogen (secondary N) is 1. The van der Waals surface area contributed by atoms with Gasteiger partial charge < -0.3 is 5.32 Å². The average molecular weight is 261 g/mol. The third kappa shape index (κ3) is 3.62. The summed E-state index contributed by atoms with van der Waals surface area (Å²) in [6.07, 6.45) is 7.93. The van der Waals surface area contributed by atoms with Crippen molar-refractivity contribution in [1.82, 2.24) is 15.3 Å². The predicted octanol–water partition coefficient (Wildman–Crippen LogP) is 3.13. The molecule has 0 amide bonds. The minimum absolute atomic E-state index is 0.331. The third-order valence-corrected chi connectivity index (χ3v) is 3.63. The fraction of sp³-hybridized carbons (Fsp3) is 0.429. The lowest BCUT2D eigenvalue weighted by atomic mass is 10.0. The highest BCUT2D eigenvalue weighted by Crippen LogP contribution is 2.20. The van der Waals surface area contributed by atoms with Crippen molar-refractivity contribution in [2.75, 3.05) is 6.54 Å². The minimum atomic E-state index is 0.331. The van der Waals surface area contributed by atoms with Crippen molar-refractivity contribution in [1.29, 1.82) is 0 Å². The van der Waals surface area contributed by atoms with Crippen molar-refractivity contribution >= 4 is 11.3 Å². The van der Waals surface area contributed by atoms with Gasteiger partial charge in [0.25, 0.3) is 0 Å². The van der Waals surface area contributed by atoms with Gasteiger partial charge in [-0.3, -0.25) is 9.97 Å². The number of pyridine rings is 1.